The molecule has 0 aliphatic carbocycles. The number of carbonyl (C=O) groups excluding carboxylic acids is 2. The Labute approximate surface area is 206 Å². The van der Waals surface area contributed by atoms with Crippen LogP contribution in [0, 0.1) is 0 Å². The standard InChI is InChI=1S/C28H19N3O3S/c32-25(18-7-2-1-3-8-18)19-13-15-20(16-14-19)26(33)31-28(35)29-22-10-6-9-21(17-22)27-30-23-11-4-5-12-24(23)34-27/h1-17H,(H2,29,31,33,35). The summed E-state index contributed by atoms with van der Waals surface area (Å²) in [5, 5.41) is 5.82. The molecular weight excluding hydrogens is 458 g/mol. The van der Waals surface area contributed by atoms with Crippen LogP contribution < -0.4 is 10.6 Å². The molecule has 35 heavy (non-hydrogen) atoms. The van der Waals surface area contributed by atoms with Gasteiger partial charge in [-0.05, 0) is 54.7 Å². The molecule has 4 aromatic carbocycles. The van der Waals surface area contributed by atoms with Gasteiger partial charge in [-0.15, -0.1) is 0 Å². The average molecular weight is 478 g/mol. The van der Waals surface area contributed by atoms with Crippen LogP contribution in [0.1, 0.15) is 26.3 Å². The number of hydrogen-bond acceptors (Lipinski definition) is 5. The van der Waals surface area contributed by atoms with E-state index in [1.54, 1.807) is 36.4 Å². The lowest BCUT2D eigenvalue weighted by molar-refractivity contribution is 0.0975. The van der Waals surface area contributed by atoms with Gasteiger partial charge in [0.05, 0.1) is 0 Å². The number of anilines is 1. The van der Waals surface area contributed by atoms with E-state index in [0.29, 0.717) is 33.9 Å². The van der Waals surface area contributed by atoms with Gasteiger partial charge in [-0.2, -0.15) is 0 Å². The third-order valence-electron chi connectivity index (χ3n) is 5.33. The summed E-state index contributed by atoms with van der Waals surface area (Å²) in [6, 6.07) is 30.4. The number of para-hydroxylation sites is 2. The number of nitrogens with zero attached hydrogens (tertiary/aromatic N) is 1. The molecule has 0 unspecified atom stereocenters. The zero-order valence-corrected chi connectivity index (χ0v) is 19.2. The molecule has 6 nitrogen and oxygen atoms in total. The van der Waals surface area contributed by atoms with Crippen LogP contribution >= 0.6 is 12.2 Å². The lowest BCUT2D eigenvalue weighted by Gasteiger charge is -2.10. The quantitative estimate of drug-likeness (QED) is 0.244. The first kappa shape index (κ1) is 22.2. The Kier molecular flexibility index (Phi) is 6.15. The van der Waals surface area contributed by atoms with Crippen molar-refractivity contribution < 1.29 is 14.0 Å². The number of nitrogens with one attached hydrogen (secondary N) is 2. The van der Waals surface area contributed by atoms with E-state index in [4.69, 9.17) is 16.6 Å². The summed E-state index contributed by atoms with van der Waals surface area (Å²) in [5.41, 5.74) is 4.43. The van der Waals surface area contributed by atoms with Gasteiger partial charge >= 0.3 is 0 Å². The molecule has 1 heterocycles. The number of amides is 1. The van der Waals surface area contributed by atoms with Gasteiger partial charge < -0.3 is 9.73 Å². The highest BCUT2D eigenvalue weighted by molar-refractivity contribution is 7.80. The SMILES string of the molecule is O=C(NC(=S)Nc1cccc(-c2nc3ccccc3o2)c1)c1ccc(C(=O)c2ccccc2)cc1. The van der Waals surface area contributed by atoms with Crippen LogP contribution in [0.4, 0.5) is 5.69 Å². The number of ketones is 1. The van der Waals surface area contributed by atoms with Crippen molar-refractivity contribution in [2.75, 3.05) is 5.32 Å². The van der Waals surface area contributed by atoms with Crippen LogP contribution in [0.25, 0.3) is 22.6 Å². The minimum atomic E-state index is -0.378. The lowest BCUT2D eigenvalue weighted by atomic mass is 10.0. The molecule has 1 aromatic heterocycles. The van der Waals surface area contributed by atoms with Gasteiger partial charge in [0.2, 0.25) is 5.89 Å². The number of rotatable bonds is 5. The predicted octanol–water partition coefficient (Wildman–Crippen LogP) is 5.85. The Bertz CT molecular complexity index is 1510. The lowest BCUT2D eigenvalue weighted by Crippen LogP contribution is -2.34. The molecule has 0 aliphatic heterocycles. The monoisotopic (exact) mass is 477 g/mol. The predicted molar refractivity (Wildman–Crippen MR) is 139 cm³/mol. The molecule has 5 aromatic rings. The average Bonchev–Trinajstić information content (AvgIpc) is 3.33. The smallest absolute Gasteiger partial charge is 0.257 e. The van der Waals surface area contributed by atoms with Crippen LogP contribution in [-0.4, -0.2) is 21.8 Å². The largest absolute Gasteiger partial charge is 0.436 e. The van der Waals surface area contributed by atoms with Crippen molar-refractivity contribution in [3.8, 4) is 11.5 Å². The molecule has 5 rings (SSSR count). The molecule has 0 spiro atoms. The second kappa shape index (κ2) is 9.70. The number of fused-ring (bicyclic) bond motifs is 1. The highest BCUT2D eigenvalue weighted by Crippen LogP contribution is 2.26. The van der Waals surface area contributed by atoms with Crippen LogP contribution in [0.5, 0.6) is 0 Å². The van der Waals surface area contributed by atoms with Crippen molar-refractivity contribution in [2.45, 2.75) is 0 Å². The highest BCUT2D eigenvalue weighted by Gasteiger charge is 2.13. The van der Waals surface area contributed by atoms with Crippen LogP contribution in [-0.2, 0) is 0 Å². The second-order valence-corrected chi connectivity index (χ2v) is 8.16. The van der Waals surface area contributed by atoms with Gasteiger partial charge in [0.15, 0.2) is 16.5 Å². The van der Waals surface area contributed by atoms with Crippen molar-refractivity contribution in [3.05, 3.63) is 120 Å². The number of hydrogen-bond donors (Lipinski definition) is 2. The third-order valence-corrected chi connectivity index (χ3v) is 5.54. The third kappa shape index (κ3) is 5.00. The summed E-state index contributed by atoms with van der Waals surface area (Å²) in [4.78, 5) is 29.7. The summed E-state index contributed by atoms with van der Waals surface area (Å²) in [7, 11) is 0. The summed E-state index contributed by atoms with van der Waals surface area (Å²) in [6.45, 7) is 0. The maximum Gasteiger partial charge on any atom is 0.257 e. The van der Waals surface area contributed by atoms with Crippen molar-refractivity contribution >= 4 is 45.8 Å². The highest BCUT2D eigenvalue weighted by atomic mass is 32.1. The minimum Gasteiger partial charge on any atom is -0.436 e. The van der Waals surface area contributed by atoms with Gasteiger partial charge in [-0.3, -0.25) is 14.9 Å². The summed E-state index contributed by atoms with van der Waals surface area (Å²) < 4.78 is 5.83. The molecule has 1 amide bonds. The van der Waals surface area contributed by atoms with Crippen LogP contribution in [0.15, 0.2) is 108 Å². The maximum atomic E-state index is 12.6. The maximum absolute atomic E-state index is 12.6. The second-order valence-electron chi connectivity index (χ2n) is 7.75. The minimum absolute atomic E-state index is 0.103. The number of carbonyl (C=O) groups is 2. The molecule has 0 atom stereocenters. The zero-order valence-electron chi connectivity index (χ0n) is 18.4. The fraction of sp³-hybridized carbons (Fsp3) is 0. The fourth-order valence-corrected chi connectivity index (χ4v) is 3.80. The first-order valence-electron chi connectivity index (χ1n) is 10.8. The normalized spacial score (nSPS) is 10.6. The molecule has 2 N–H and O–H groups in total. The summed E-state index contributed by atoms with van der Waals surface area (Å²) >= 11 is 5.32. The fourth-order valence-electron chi connectivity index (χ4n) is 3.59. The molecule has 0 radical (unpaired) electrons. The Morgan fingerprint density at radius 1 is 0.743 bits per heavy atom. The van der Waals surface area contributed by atoms with E-state index in [-0.39, 0.29) is 16.8 Å². The van der Waals surface area contributed by atoms with E-state index in [1.165, 1.54) is 0 Å². The molecule has 0 fully saturated rings. The van der Waals surface area contributed by atoms with Gasteiger partial charge in [0.1, 0.15) is 5.52 Å². The summed E-state index contributed by atoms with van der Waals surface area (Å²) in [6.07, 6.45) is 0. The molecule has 0 bridgehead atoms. The Morgan fingerprint density at radius 3 is 2.20 bits per heavy atom. The molecule has 0 aliphatic rings. The summed E-state index contributed by atoms with van der Waals surface area (Å²) in [5.74, 6) is 0.0137. The number of oxazole rings is 1. The molecule has 0 saturated carbocycles. The number of thiocarbonyl (C=S) groups is 1. The van der Waals surface area contributed by atoms with Gasteiger partial charge in [0.25, 0.3) is 5.91 Å². The van der Waals surface area contributed by atoms with E-state index in [9.17, 15) is 9.59 Å². The molecule has 0 saturated heterocycles. The first-order chi connectivity index (χ1) is 17.1. The van der Waals surface area contributed by atoms with Gasteiger partial charge in [-0.25, -0.2) is 4.98 Å². The Morgan fingerprint density at radius 2 is 1.43 bits per heavy atom. The Balaban J connectivity index is 1.23. The first-order valence-corrected chi connectivity index (χ1v) is 11.3. The molecule has 7 heteroatoms. The molecular formula is C28H19N3O3S. The van der Waals surface area contributed by atoms with Gasteiger partial charge in [0, 0.05) is 27.9 Å². The van der Waals surface area contributed by atoms with Gasteiger partial charge in [-0.1, -0.05) is 60.7 Å². The van der Waals surface area contributed by atoms with E-state index < -0.39 is 0 Å². The topological polar surface area (TPSA) is 84.2 Å². The van der Waals surface area contributed by atoms with Crippen molar-refractivity contribution in [2.24, 2.45) is 0 Å². The van der Waals surface area contributed by atoms with Crippen molar-refractivity contribution in [1.82, 2.24) is 10.3 Å². The Hall–Kier alpha value is -4.62. The van der Waals surface area contributed by atoms with E-state index in [0.717, 1.165) is 11.1 Å². The molecule has 170 valence electrons. The van der Waals surface area contributed by atoms with E-state index >= 15 is 0 Å². The van der Waals surface area contributed by atoms with E-state index in [2.05, 4.69) is 15.6 Å². The van der Waals surface area contributed by atoms with Crippen molar-refractivity contribution in [3.63, 3.8) is 0 Å². The van der Waals surface area contributed by atoms with E-state index in [1.807, 2.05) is 66.7 Å². The van der Waals surface area contributed by atoms with Crippen LogP contribution in [0.2, 0.25) is 0 Å². The number of benzene rings is 4. The van der Waals surface area contributed by atoms with Crippen molar-refractivity contribution in [1.29, 1.82) is 0 Å². The number of aromatic nitrogens is 1. The van der Waals surface area contributed by atoms with Crippen LogP contribution in [0.3, 0.4) is 0 Å². The zero-order chi connectivity index (χ0) is 24.2.